The highest BCUT2D eigenvalue weighted by Gasteiger charge is 2.30. The van der Waals surface area contributed by atoms with E-state index in [1.807, 2.05) is 0 Å². The van der Waals surface area contributed by atoms with Crippen LogP contribution in [0.3, 0.4) is 0 Å². The van der Waals surface area contributed by atoms with Crippen LogP contribution < -0.4 is 10.6 Å². The van der Waals surface area contributed by atoms with Crippen LogP contribution in [-0.2, 0) is 19.6 Å². The van der Waals surface area contributed by atoms with Crippen molar-refractivity contribution in [3.63, 3.8) is 0 Å². The highest BCUT2D eigenvalue weighted by molar-refractivity contribution is 7.89. The second-order valence-corrected chi connectivity index (χ2v) is 8.92. The molecule has 0 radical (unpaired) electrons. The molecule has 9 heteroatoms. The number of carbonyl (C=O) groups is 2. The van der Waals surface area contributed by atoms with Gasteiger partial charge in [-0.3, -0.25) is 9.59 Å². The average Bonchev–Trinajstić information content (AvgIpc) is 2.74. The third-order valence-corrected chi connectivity index (χ3v) is 6.46. The Hall–Kier alpha value is -3.56. The molecule has 0 aromatic heterocycles. The molecule has 0 saturated heterocycles. The van der Waals surface area contributed by atoms with E-state index in [9.17, 15) is 22.4 Å². The topological polar surface area (TPSA) is 95.6 Å². The molecular weight excluding hydrogens is 433 g/mol. The van der Waals surface area contributed by atoms with E-state index in [0.717, 1.165) is 22.5 Å². The molecule has 0 spiro atoms. The third kappa shape index (κ3) is 5.99. The first kappa shape index (κ1) is 23.1. The Morgan fingerprint density at radius 2 is 1.28 bits per heavy atom. The molecular formula is C23H22FN3O4S. The van der Waals surface area contributed by atoms with Crippen molar-refractivity contribution in [3.8, 4) is 0 Å². The van der Waals surface area contributed by atoms with Gasteiger partial charge in [0.1, 0.15) is 5.82 Å². The zero-order valence-corrected chi connectivity index (χ0v) is 18.1. The molecule has 0 aliphatic heterocycles. The van der Waals surface area contributed by atoms with Crippen LogP contribution in [0.25, 0.3) is 0 Å². The fourth-order valence-corrected chi connectivity index (χ4v) is 4.59. The number of nitrogens with one attached hydrogen (secondary N) is 2. The van der Waals surface area contributed by atoms with Crippen molar-refractivity contribution in [2.24, 2.45) is 0 Å². The fourth-order valence-electron chi connectivity index (χ4n) is 3.03. The molecule has 2 N–H and O–H groups in total. The molecule has 0 fully saturated rings. The number of nitrogens with zero attached hydrogens (tertiary/aromatic N) is 1. The molecule has 166 valence electrons. The highest BCUT2D eigenvalue weighted by atomic mass is 32.2. The number of anilines is 2. The van der Waals surface area contributed by atoms with Crippen molar-refractivity contribution in [1.29, 1.82) is 0 Å². The largest absolute Gasteiger partial charge is 0.325 e. The summed E-state index contributed by atoms with van der Waals surface area (Å²) in [6.07, 6.45) is 0. The van der Waals surface area contributed by atoms with Gasteiger partial charge >= 0.3 is 0 Å². The summed E-state index contributed by atoms with van der Waals surface area (Å²) < 4.78 is 40.8. The van der Waals surface area contributed by atoms with Crippen LogP contribution in [0.15, 0.2) is 83.8 Å². The van der Waals surface area contributed by atoms with Crippen molar-refractivity contribution in [1.82, 2.24) is 4.31 Å². The molecule has 0 heterocycles. The van der Waals surface area contributed by atoms with Crippen molar-refractivity contribution in [3.05, 3.63) is 90.2 Å². The first-order chi connectivity index (χ1) is 15.3. The summed E-state index contributed by atoms with van der Waals surface area (Å²) in [4.78, 5) is 25.0. The molecule has 0 aliphatic rings. The van der Waals surface area contributed by atoms with Crippen LogP contribution in [0, 0.1) is 12.7 Å². The van der Waals surface area contributed by atoms with Gasteiger partial charge in [0.15, 0.2) is 0 Å². The van der Waals surface area contributed by atoms with Crippen LogP contribution in [-0.4, -0.2) is 37.6 Å². The third-order valence-electron chi connectivity index (χ3n) is 4.51. The van der Waals surface area contributed by atoms with E-state index < -0.39 is 40.7 Å². The van der Waals surface area contributed by atoms with Crippen LogP contribution in [0.1, 0.15) is 5.56 Å². The second-order valence-electron chi connectivity index (χ2n) is 7.01. The zero-order valence-electron chi connectivity index (χ0n) is 17.3. The maximum atomic E-state index is 13.5. The zero-order chi connectivity index (χ0) is 23.1. The summed E-state index contributed by atoms with van der Waals surface area (Å²) in [6.45, 7) is 0.245. The lowest BCUT2D eigenvalue weighted by atomic mass is 10.2. The number of carbonyl (C=O) groups excluding carboxylic acids is 2. The van der Waals surface area contributed by atoms with Crippen molar-refractivity contribution in [2.45, 2.75) is 11.8 Å². The van der Waals surface area contributed by atoms with Gasteiger partial charge in [0.2, 0.25) is 21.8 Å². The summed E-state index contributed by atoms with van der Waals surface area (Å²) in [5.41, 5.74) is 1.14. The van der Waals surface area contributed by atoms with E-state index in [4.69, 9.17) is 0 Å². The molecule has 7 nitrogen and oxygen atoms in total. The van der Waals surface area contributed by atoms with E-state index >= 15 is 0 Å². The number of hydrogen-bond donors (Lipinski definition) is 2. The Bertz CT molecular complexity index is 1150. The van der Waals surface area contributed by atoms with Gasteiger partial charge < -0.3 is 10.6 Å². The minimum Gasteiger partial charge on any atom is -0.325 e. The Labute approximate surface area is 185 Å². The quantitative estimate of drug-likeness (QED) is 0.544. The fraction of sp³-hybridized carbons (Fsp3) is 0.130. The number of rotatable bonds is 8. The molecule has 32 heavy (non-hydrogen) atoms. The Morgan fingerprint density at radius 3 is 1.72 bits per heavy atom. The van der Waals surface area contributed by atoms with Crippen molar-refractivity contribution >= 4 is 33.2 Å². The molecule has 0 bridgehead atoms. The number of aryl methyl sites for hydroxylation is 1. The molecule has 2 amide bonds. The van der Waals surface area contributed by atoms with E-state index in [1.54, 1.807) is 60.7 Å². The minimum absolute atomic E-state index is 0.168. The number of para-hydroxylation sites is 2. The van der Waals surface area contributed by atoms with Crippen LogP contribution >= 0.6 is 0 Å². The molecule has 3 rings (SSSR count). The number of amides is 2. The van der Waals surface area contributed by atoms with E-state index in [2.05, 4.69) is 10.6 Å². The summed E-state index contributed by atoms with van der Waals surface area (Å²) in [5.74, 6) is -1.82. The maximum Gasteiger partial charge on any atom is 0.244 e. The lowest BCUT2D eigenvalue weighted by Crippen LogP contribution is -2.42. The number of hydrogen-bond acceptors (Lipinski definition) is 4. The molecule has 3 aromatic carbocycles. The second kappa shape index (κ2) is 10.2. The number of sulfonamides is 1. The lowest BCUT2D eigenvalue weighted by Gasteiger charge is -2.22. The van der Waals surface area contributed by atoms with Crippen LogP contribution in [0.2, 0.25) is 0 Å². The summed E-state index contributed by atoms with van der Waals surface area (Å²) in [6, 6.07) is 20.3. The van der Waals surface area contributed by atoms with Crippen LogP contribution in [0.5, 0.6) is 0 Å². The summed E-state index contributed by atoms with van der Waals surface area (Å²) in [5, 5.41) is 5.21. The molecule has 0 aliphatic carbocycles. The summed E-state index contributed by atoms with van der Waals surface area (Å²) in [7, 11) is -4.28. The Kier molecular flexibility index (Phi) is 7.34. The Balaban J connectivity index is 1.85. The highest BCUT2D eigenvalue weighted by Crippen LogP contribution is 2.21. The molecule has 0 atom stereocenters. The van der Waals surface area contributed by atoms with Gasteiger partial charge in [0, 0.05) is 11.4 Å². The number of benzene rings is 3. The summed E-state index contributed by atoms with van der Waals surface area (Å²) >= 11 is 0. The van der Waals surface area contributed by atoms with Gasteiger partial charge in [-0.2, -0.15) is 4.31 Å². The average molecular weight is 456 g/mol. The van der Waals surface area contributed by atoms with Crippen molar-refractivity contribution in [2.75, 3.05) is 23.7 Å². The molecule has 0 saturated carbocycles. The van der Waals surface area contributed by atoms with Gasteiger partial charge in [-0.05, 0) is 55.0 Å². The maximum absolute atomic E-state index is 13.5. The van der Waals surface area contributed by atoms with Gasteiger partial charge in [-0.25, -0.2) is 12.8 Å². The first-order valence-electron chi connectivity index (χ1n) is 9.72. The van der Waals surface area contributed by atoms with E-state index in [-0.39, 0.29) is 10.5 Å². The van der Waals surface area contributed by atoms with Gasteiger partial charge in [-0.15, -0.1) is 0 Å². The predicted molar refractivity (Wildman–Crippen MR) is 120 cm³/mol. The van der Waals surface area contributed by atoms with Gasteiger partial charge in [0.05, 0.1) is 18.0 Å². The lowest BCUT2D eigenvalue weighted by molar-refractivity contribution is -0.118. The number of halogens is 1. The molecule has 0 unspecified atom stereocenters. The van der Waals surface area contributed by atoms with E-state index in [0.29, 0.717) is 11.4 Å². The monoisotopic (exact) mass is 455 g/mol. The first-order valence-corrected chi connectivity index (χ1v) is 11.2. The van der Waals surface area contributed by atoms with Crippen LogP contribution in [0.4, 0.5) is 15.8 Å². The van der Waals surface area contributed by atoms with Gasteiger partial charge in [0.25, 0.3) is 0 Å². The van der Waals surface area contributed by atoms with E-state index in [1.165, 1.54) is 6.92 Å². The molecule has 3 aromatic rings. The SMILES string of the molecule is Cc1cc(F)ccc1S(=O)(=O)N(CC(=O)Nc1ccccc1)CC(=O)Nc1ccccc1. The Morgan fingerprint density at radius 1 is 0.812 bits per heavy atom. The van der Waals surface area contributed by atoms with Gasteiger partial charge in [-0.1, -0.05) is 36.4 Å². The smallest absolute Gasteiger partial charge is 0.244 e. The van der Waals surface area contributed by atoms with Crippen molar-refractivity contribution < 1.29 is 22.4 Å². The minimum atomic E-state index is -4.28. The normalized spacial score (nSPS) is 11.2. The standard InChI is InChI=1S/C23H22FN3O4S/c1-17-14-18(24)12-13-21(17)32(30,31)27(15-22(28)25-19-8-4-2-5-9-19)16-23(29)26-20-10-6-3-7-11-20/h2-14H,15-16H2,1H3,(H,25,28)(H,26,29). The predicted octanol–water partition coefficient (Wildman–Crippen LogP) is 3.40.